The molecule has 0 saturated carbocycles. The maximum Gasteiger partial charge on any atom is 0.303 e. The predicted octanol–water partition coefficient (Wildman–Crippen LogP) is 1.92. The molecule has 0 radical (unpaired) electrons. The van der Waals surface area contributed by atoms with Gasteiger partial charge in [0.15, 0.2) is 0 Å². The van der Waals surface area contributed by atoms with Gasteiger partial charge in [-0.25, -0.2) is 9.71 Å². The zero-order valence-electron chi connectivity index (χ0n) is 11.8. The maximum absolute atomic E-state index is 12.2. The first-order valence-corrected chi connectivity index (χ1v) is 8.11. The topological polar surface area (TPSA) is 84.4 Å². The van der Waals surface area contributed by atoms with Crippen LogP contribution in [-0.4, -0.2) is 42.9 Å². The summed E-state index contributed by atoms with van der Waals surface area (Å²) in [6.07, 6.45) is 1.45. The summed E-state index contributed by atoms with van der Waals surface area (Å²) in [4.78, 5) is 7.73. The highest BCUT2D eigenvalue weighted by Crippen LogP contribution is 2.17. The number of rotatable bonds is 8. The summed E-state index contributed by atoms with van der Waals surface area (Å²) in [5.74, 6) is 0.0896. The number of ether oxygens (including phenoxy) is 1. The van der Waals surface area contributed by atoms with Crippen molar-refractivity contribution in [3.8, 4) is 5.88 Å². The third kappa shape index (κ3) is 4.77. The van der Waals surface area contributed by atoms with Gasteiger partial charge in [0.05, 0.1) is 7.11 Å². The number of methoxy groups -OCH3 is 1. The second-order valence-corrected chi connectivity index (χ2v) is 6.12. The first-order chi connectivity index (χ1) is 9.42. The molecule has 0 saturated heterocycles. The Hall–Kier alpha value is -1.12. The number of hydrogen-bond acceptors (Lipinski definition) is 5. The molecule has 1 heterocycles. The van der Waals surface area contributed by atoms with Crippen LogP contribution in [0.4, 0.5) is 5.95 Å². The third-order valence-corrected chi connectivity index (χ3v) is 4.07. The molecule has 9 heteroatoms. The van der Waals surface area contributed by atoms with Crippen LogP contribution < -0.4 is 9.46 Å². The predicted molar refractivity (Wildman–Crippen MR) is 78.3 cm³/mol. The molecule has 0 aliphatic carbocycles. The van der Waals surface area contributed by atoms with E-state index in [9.17, 15) is 8.42 Å². The average molecular weight is 323 g/mol. The van der Waals surface area contributed by atoms with Gasteiger partial charge in [0.2, 0.25) is 11.8 Å². The lowest BCUT2D eigenvalue weighted by molar-refractivity contribution is 0.397. The highest BCUT2D eigenvalue weighted by molar-refractivity contribution is 7.90. The highest BCUT2D eigenvalue weighted by Gasteiger charge is 2.21. The summed E-state index contributed by atoms with van der Waals surface area (Å²) >= 11 is 5.78. The Balaban J connectivity index is 2.96. The molecule has 1 aromatic rings. The van der Waals surface area contributed by atoms with E-state index < -0.39 is 10.2 Å². The summed E-state index contributed by atoms with van der Waals surface area (Å²) in [7, 11) is -2.28. The van der Waals surface area contributed by atoms with Crippen molar-refractivity contribution in [1.29, 1.82) is 0 Å². The molecule has 1 N–H and O–H groups in total. The van der Waals surface area contributed by atoms with E-state index in [1.165, 1.54) is 17.5 Å². The van der Waals surface area contributed by atoms with Gasteiger partial charge in [-0.15, -0.1) is 0 Å². The smallest absolute Gasteiger partial charge is 0.303 e. The zero-order valence-corrected chi connectivity index (χ0v) is 13.3. The first-order valence-electron chi connectivity index (χ1n) is 6.29. The average Bonchev–Trinajstić information content (AvgIpc) is 2.37. The Morgan fingerprint density at radius 2 is 1.90 bits per heavy atom. The number of anilines is 1. The van der Waals surface area contributed by atoms with Crippen molar-refractivity contribution in [3.05, 3.63) is 11.2 Å². The van der Waals surface area contributed by atoms with Crippen molar-refractivity contribution in [2.24, 2.45) is 0 Å². The van der Waals surface area contributed by atoms with Crippen molar-refractivity contribution in [3.63, 3.8) is 0 Å². The van der Waals surface area contributed by atoms with Gasteiger partial charge < -0.3 is 4.74 Å². The summed E-state index contributed by atoms with van der Waals surface area (Å²) in [5, 5.41) is 0.104. The minimum Gasteiger partial charge on any atom is -0.481 e. The Morgan fingerprint density at radius 3 is 2.40 bits per heavy atom. The molecule has 7 nitrogen and oxygen atoms in total. The lowest BCUT2D eigenvalue weighted by Gasteiger charge is -2.21. The number of hydrogen-bond donors (Lipinski definition) is 1. The van der Waals surface area contributed by atoms with Gasteiger partial charge in [0.1, 0.15) is 5.15 Å². The lowest BCUT2D eigenvalue weighted by Crippen LogP contribution is -2.37. The fourth-order valence-electron chi connectivity index (χ4n) is 1.58. The van der Waals surface area contributed by atoms with Crippen LogP contribution in [0.1, 0.15) is 26.7 Å². The number of nitrogens with zero attached hydrogens (tertiary/aromatic N) is 3. The highest BCUT2D eigenvalue weighted by atomic mass is 35.5. The van der Waals surface area contributed by atoms with E-state index >= 15 is 0 Å². The second-order valence-electron chi connectivity index (χ2n) is 4.06. The minimum absolute atomic E-state index is 0.104. The molecule has 0 aliphatic heterocycles. The Kier molecular flexibility index (Phi) is 6.44. The van der Waals surface area contributed by atoms with E-state index in [4.69, 9.17) is 16.3 Å². The number of aromatic nitrogens is 2. The van der Waals surface area contributed by atoms with Crippen LogP contribution in [0.3, 0.4) is 0 Å². The van der Waals surface area contributed by atoms with E-state index in [2.05, 4.69) is 14.7 Å². The van der Waals surface area contributed by atoms with Gasteiger partial charge >= 0.3 is 10.2 Å². The Bertz CT molecular complexity index is 532. The maximum atomic E-state index is 12.2. The van der Waals surface area contributed by atoms with Crippen molar-refractivity contribution in [2.75, 3.05) is 24.9 Å². The second kappa shape index (κ2) is 7.61. The van der Waals surface area contributed by atoms with Crippen LogP contribution in [0.15, 0.2) is 6.07 Å². The van der Waals surface area contributed by atoms with Crippen LogP contribution in [0.25, 0.3) is 0 Å². The third-order valence-electron chi connectivity index (χ3n) is 2.39. The van der Waals surface area contributed by atoms with Crippen LogP contribution >= 0.6 is 11.6 Å². The van der Waals surface area contributed by atoms with E-state index in [0.717, 1.165) is 12.8 Å². The fourth-order valence-corrected chi connectivity index (χ4v) is 3.05. The van der Waals surface area contributed by atoms with Crippen LogP contribution in [0.2, 0.25) is 5.15 Å². The quantitative estimate of drug-likeness (QED) is 0.739. The molecule has 1 aromatic heterocycles. The van der Waals surface area contributed by atoms with Crippen molar-refractivity contribution in [1.82, 2.24) is 14.3 Å². The molecule has 0 unspecified atom stereocenters. The molecular weight excluding hydrogens is 304 g/mol. The zero-order chi connectivity index (χ0) is 15.2. The van der Waals surface area contributed by atoms with Crippen molar-refractivity contribution in [2.45, 2.75) is 26.7 Å². The molecule has 0 aliphatic rings. The first kappa shape index (κ1) is 16.9. The monoisotopic (exact) mass is 322 g/mol. The SMILES string of the molecule is CCCN(CCC)S(=O)(=O)Nc1nc(Cl)cc(OC)n1. The number of nitrogens with one attached hydrogen (secondary N) is 1. The van der Waals surface area contributed by atoms with Gasteiger partial charge in [-0.05, 0) is 12.8 Å². The molecule has 1 rings (SSSR count). The molecule has 114 valence electrons. The Morgan fingerprint density at radius 1 is 1.30 bits per heavy atom. The van der Waals surface area contributed by atoms with Gasteiger partial charge in [-0.3, -0.25) is 0 Å². The fraction of sp³-hybridized carbons (Fsp3) is 0.636. The van der Waals surface area contributed by atoms with E-state index in [1.807, 2.05) is 13.8 Å². The standard InChI is InChI=1S/C11H19ClN4O3S/c1-4-6-16(7-5-2)20(17,18)15-11-13-9(12)8-10(14-11)19-3/h8H,4-7H2,1-3H3,(H,13,14,15). The summed E-state index contributed by atoms with van der Waals surface area (Å²) in [6, 6.07) is 1.40. The molecule has 0 atom stereocenters. The van der Waals surface area contributed by atoms with Crippen molar-refractivity contribution < 1.29 is 13.2 Å². The van der Waals surface area contributed by atoms with Crippen molar-refractivity contribution >= 4 is 27.8 Å². The Labute approximate surface area is 124 Å². The van der Waals surface area contributed by atoms with Crippen LogP contribution in [-0.2, 0) is 10.2 Å². The summed E-state index contributed by atoms with van der Waals surface area (Å²) < 4.78 is 33.1. The summed E-state index contributed by atoms with van der Waals surface area (Å²) in [5.41, 5.74) is 0. The van der Waals surface area contributed by atoms with E-state index in [0.29, 0.717) is 13.1 Å². The lowest BCUT2D eigenvalue weighted by atomic mass is 10.4. The molecule has 0 amide bonds. The van der Waals surface area contributed by atoms with Gasteiger partial charge in [0.25, 0.3) is 0 Å². The van der Waals surface area contributed by atoms with E-state index in [-0.39, 0.29) is 17.0 Å². The summed E-state index contributed by atoms with van der Waals surface area (Å²) in [6.45, 7) is 4.69. The van der Waals surface area contributed by atoms with Gasteiger partial charge in [-0.2, -0.15) is 17.7 Å². The van der Waals surface area contributed by atoms with Gasteiger partial charge in [-0.1, -0.05) is 25.4 Å². The normalized spacial score (nSPS) is 11.7. The molecule has 0 aromatic carbocycles. The molecule has 0 bridgehead atoms. The molecule has 0 spiro atoms. The minimum atomic E-state index is -3.70. The largest absolute Gasteiger partial charge is 0.481 e. The molecular formula is C11H19ClN4O3S. The number of halogens is 1. The molecule has 20 heavy (non-hydrogen) atoms. The van der Waals surface area contributed by atoms with Crippen LogP contribution in [0, 0.1) is 0 Å². The van der Waals surface area contributed by atoms with E-state index in [1.54, 1.807) is 0 Å². The van der Waals surface area contributed by atoms with Gasteiger partial charge in [0, 0.05) is 19.2 Å². The molecule has 0 fully saturated rings. The van der Waals surface area contributed by atoms with Crippen LogP contribution in [0.5, 0.6) is 5.88 Å².